The molecule has 2 rings (SSSR count). The summed E-state index contributed by atoms with van der Waals surface area (Å²) in [5.74, 6) is 0.427. The van der Waals surface area contributed by atoms with Crippen molar-refractivity contribution in [3.63, 3.8) is 0 Å². The number of rotatable bonds is 4. The molecule has 0 aliphatic carbocycles. The van der Waals surface area contributed by atoms with Crippen LogP contribution in [-0.4, -0.2) is 19.2 Å². The van der Waals surface area contributed by atoms with E-state index in [0.29, 0.717) is 11.3 Å². The molecule has 1 amide bonds. The van der Waals surface area contributed by atoms with Crippen molar-refractivity contribution in [2.45, 2.75) is 0 Å². The average molecular weight is 269 g/mol. The molecule has 0 unspecified atom stereocenters. The number of methoxy groups -OCH3 is 1. The van der Waals surface area contributed by atoms with E-state index >= 15 is 0 Å². The first-order chi connectivity index (χ1) is 9.70. The Kier molecular flexibility index (Phi) is 4.34. The van der Waals surface area contributed by atoms with E-state index in [9.17, 15) is 4.79 Å². The Morgan fingerprint density at radius 1 is 1.20 bits per heavy atom. The summed E-state index contributed by atoms with van der Waals surface area (Å²) in [6.45, 7) is 0. The van der Waals surface area contributed by atoms with E-state index in [0.717, 1.165) is 11.3 Å². The van der Waals surface area contributed by atoms with Gasteiger partial charge < -0.3 is 10.5 Å². The molecular formula is C15H15N3O2. The Labute approximate surface area is 117 Å². The van der Waals surface area contributed by atoms with Crippen molar-refractivity contribution in [3.8, 4) is 5.75 Å². The van der Waals surface area contributed by atoms with Crippen LogP contribution in [0.15, 0.2) is 53.6 Å². The van der Waals surface area contributed by atoms with E-state index in [-0.39, 0.29) is 5.91 Å². The Balaban J connectivity index is 1.99. The molecular weight excluding hydrogens is 254 g/mol. The number of nitrogens with two attached hydrogens (primary N) is 1. The lowest BCUT2D eigenvalue weighted by Crippen LogP contribution is -2.18. The zero-order valence-corrected chi connectivity index (χ0v) is 11.0. The van der Waals surface area contributed by atoms with Gasteiger partial charge in [0.2, 0.25) is 0 Å². The number of para-hydroxylation sites is 1. The predicted molar refractivity (Wildman–Crippen MR) is 78.9 cm³/mol. The van der Waals surface area contributed by atoms with Crippen LogP contribution in [0, 0.1) is 0 Å². The topological polar surface area (TPSA) is 76.7 Å². The molecule has 2 aromatic carbocycles. The summed E-state index contributed by atoms with van der Waals surface area (Å²) in [6, 6.07) is 14.1. The lowest BCUT2D eigenvalue weighted by Gasteiger charge is -2.03. The van der Waals surface area contributed by atoms with Crippen molar-refractivity contribution in [2.75, 3.05) is 12.8 Å². The van der Waals surface area contributed by atoms with Crippen molar-refractivity contribution < 1.29 is 9.53 Å². The van der Waals surface area contributed by atoms with E-state index in [1.54, 1.807) is 37.6 Å². The molecule has 5 heteroatoms. The summed E-state index contributed by atoms with van der Waals surface area (Å²) in [5.41, 5.74) is 9.82. The van der Waals surface area contributed by atoms with Gasteiger partial charge in [-0.15, -0.1) is 0 Å². The summed E-state index contributed by atoms with van der Waals surface area (Å²) < 4.78 is 5.05. The molecule has 0 saturated heterocycles. The number of carbonyl (C=O) groups is 1. The average Bonchev–Trinajstić information content (AvgIpc) is 2.48. The lowest BCUT2D eigenvalue weighted by atomic mass is 10.2. The second-order valence-corrected chi connectivity index (χ2v) is 4.06. The number of nitrogen functional groups attached to an aromatic ring is 1. The van der Waals surface area contributed by atoms with Crippen molar-refractivity contribution in [2.24, 2.45) is 5.10 Å². The van der Waals surface area contributed by atoms with Crippen LogP contribution >= 0.6 is 0 Å². The fourth-order valence-corrected chi connectivity index (χ4v) is 1.62. The molecule has 0 heterocycles. The summed E-state index contributed by atoms with van der Waals surface area (Å²) in [4.78, 5) is 11.8. The molecule has 0 saturated carbocycles. The van der Waals surface area contributed by atoms with Crippen LogP contribution < -0.4 is 15.9 Å². The Morgan fingerprint density at radius 3 is 2.55 bits per heavy atom. The normalized spacial score (nSPS) is 10.4. The molecule has 102 valence electrons. The molecule has 0 aliphatic heterocycles. The second-order valence-electron chi connectivity index (χ2n) is 4.06. The molecule has 5 nitrogen and oxygen atoms in total. The van der Waals surface area contributed by atoms with E-state index in [4.69, 9.17) is 10.5 Å². The van der Waals surface area contributed by atoms with Crippen LogP contribution in [0.2, 0.25) is 0 Å². The molecule has 0 aliphatic rings. The largest absolute Gasteiger partial charge is 0.497 e. The van der Waals surface area contributed by atoms with Gasteiger partial charge in [0.1, 0.15) is 5.75 Å². The third-order valence-corrected chi connectivity index (χ3v) is 2.70. The van der Waals surface area contributed by atoms with E-state index < -0.39 is 0 Å². The molecule has 0 aromatic heterocycles. The fourth-order valence-electron chi connectivity index (χ4n) is 1.62. The maximum absolute atomic E-state index is 11.8. The highest BCUT2D eigenvalue weighted by Gasteiger charge is 2.06. The van der Waals surface area contributed by atoms with E-state index in [1.807, 2.05) is 24.3 Å². The van der Waals surface area contributed by atoms with Crippen LogP contribution in [0.5, 0.6) is 5.75 Å². The lowest BCUT2D eigenvalue weighted by molar-refractivity contribution is 0.0956. The fraction of sp³-hybridized carbons (Fsp3) is 0.0667. The van der Waals surface area contributed by atoms with Crippen LogP contribution in [-0.2, 0) is 0 Å². The third kappa shape index (κ3) is 3.35. The van der Waals surface area contributed by atoms with Crippen molar-refractivity contribution in [3.05, 3.63) is 59.7 Å². The monoisotopic (exact) mass is 269 g/mol. The SMILES string of the molecule is COc1ccc(/C=N/NC(=O)c2ccccc2N)cc1. The van der Waals surface area contributed by atoms with Crippen molar-refractivity contribution in [1.29, 1.82) is 0 Å². The van der Waals surface area contributed by atoms with E-state index in [1.165, 1.54) is 0 Å². The third-order valence-electron chi connectivity index (χ3n) is 2.70. The molecule has 3 N–H and O–H groups in total. The van der Waals surface area contributed by atoms with Gasteiger partial charge in [-0.05, 0) is 42.0 Å². The number of nitrogens with one attached hydrogen (secondary N) is 1. The first-order valence-corrected chi connectivity index (χ1v) is 6.02. The first kappa shape index (κ1) is 13.6. The molecule has 20 heavy (non-hydrogen) atoms. The minimum Gasteiger partial charge on any atom is -0.497 e. The number of benzene rings is 2. The quantitative estimate of drug-likeness (QED) is 0.506. The zero-order valence-electron chi connectivity index (χ0n) is 11.0. The highest BCUT2D eigenvalue weighted by atomic mass is 16.5. The molecule has 0 bridgehead atoms. The number of carbonyl (C=O) groups excluding carboxylic acids is 1. The van der Waals surface area contributed by atoms with Crippen LogP contribution in [0.25, 0.3) is 0 Å². The Morgan fingerprint density at radius 2 is 1.90 bits per heavy atom. The summed E-state index contributed by atoms with van der Waals surface area (Å²) in [7, 11) is 1.60. The van der Waals surface area contributed by atoms with Gasteiger partial charge in [0.05, 0.1) is 18.9 Å². The van der Waals surface area contributed by atoms with Gasteiger partial charge in [-0.3, -0.25) is 4.79 Å². The van der Waals surface area contributed by atoms with Crippen LogP contribution in [0.3, 0.4) is 0 Å². The summed E-state index contributed by atoms with van der Waals surface area (Å²) in [5, 5.41) is 3.89. The number of hydrazone groups is 1. The molecule has 2 aromatic rings. The van der Waals surface area contributed by atoms with Crippen molar-refractivity contribution >= 4 is 17.8 Å². The number of hydrogen-bond donors (Lipinski definition) is 2. The maximum atomic E-state index is 11.8. The summed E-state index contributed by atoms with van der Waals surface area (Å²) in [6.07, 6.45) is 1.55. The molecule has 0 spiro atoms. The van der Waals surface area contributed by atoms with Crippen molar-refractivity contribution in [1.82, 2.24) is 5.43 Å². The smallest absolute Gasteiger partial charge is 0.273 e. The van der Waals surface area contributed by atoms with Crippen LogP contribution in [0.1, 0.15) is 15.9 Å². The van der Waals surface area contributed by atoms with Gasteiger partial charge >= 0.3 is 0 Å². The Bertz CT molecular complexity index is 621. The standard InChI is InChI=1S/C15H15N3O2/c1-20-12-8-6-11(7-9-12)10-17-18-15(19)13-4-2-3-5-14(13)16/h2-10H,16H2,1H3,(H,18,19)/b17-10+. The van der Waals surface area contributed by atoms with Gasteiger partial charge in [0.25, 0.3) is 5.91 Å². The molecule has 0 radical (unpaired) electrons. The highest BCUT2D eigenvalue weighted by Crippen LogP contribution is 2.11. The number of amides is 1. The number of nitrogens with zero attached hydrogens (tertiary/aromatic N) is 1. The Hall–Kier alpha value is -2.82. The summed E-state index contributed by atoms with van der Waals surface area (Å²) >= 11 is 0. The minimum atomic E-state index is -0.340. The van der Waals surface area contributed by atoms with Gasteiger partial charge in [0, 0.05) is 5.69 Å². The van der Waals surface area contributed by atoms with Gasteiger partial charge in [-0.2, -0.15) is 5.10 Å². The number of anilines is 1. The van der Waals surface area contributed by atoms with Gasteiger partial charge in [-0.1, -0.05) is 12.1 Å². The zero-order chi connectivity index (χ0) is 14.4. The predicted octanol–water partition coefficient (Wildman–Crippen LogP) is 2.04. The number of ether oxygens (including phenoxy) is 1. The number of hydrogen-bond acceptors (Lipinski definition) is 4. The highest BCUT2D eigenvalue weighted by molar-refractivity contribution is 5.99. The molecule has 0 atom stereocenters. The first-order valence-electron chi connectivity index (χ1n) is 6.02. The minimum absolute atomic E-state index is 0.340. The maximum Gasteiger partial charge on any atom is 0.273 e. The van der Waals surface area contributed by atoms with Gasteiger partial charge in [0.15, 0.2) is 0 Å². The van der Waals surface area contributed by atoms with E-state index in [2.05, 4.69) is 10.5 Å². The van der Waals surface area contributed by atoms with Crippen LogP contribution in [0.4, 0.5) is 5.69 Å². The molecule has 0 fully saturated rings. The second kappa shape index (κ2) is 6.38. The van der Waals surface area contributed by atoms with Gasteiger partial charge in [-0.25, -0.2) is 5.43 Å².